The second-order valence-corrected chi connectivity index (χ2v) is 11.3. The Hall–Kier alpha value is -2.85. The summed E-state index contributed by atoms with van der Waals surface area (Å²) in [5.41, 5.74) is 0.521. The summed E-state index contributed by atoms with van der Waals surface area (Å²) < 4.78 is 41.5. The van der Waals surface area contributed by atoms with Crippen LogP contribution in [0, 0.1) is 5.92 Å². The molecule has 0 radical (unpaired) electrons. The predicted octanol–water partition coefficient (Wildman–Crippen LogP) is 4.16. The molecule has 2 fully saturated rings. The highest BCUT2D eigenvalue weighted by atomic mass is 19.4. The van der Waals surface area contributed by atoms with Gasteiger partial charge in [-0.1, -0.05) is 31.4 Å². The van der Waals surface area contributed by atoms with Crippen molar-refractivity contribution in [3.63, 3.8) is 0 Å². The van der Waals surface area contributed by atoms with E-state index in [1.54, 1.807) is 22.9 Å². The molecule has 3 heterocycles. The molecular formula is C29H38F3N5O2. The van der Waals surface area contributed by atoms with Crippen molar-refractivity contribution in [2.45, 2.75) is 56.8 Å². The van der Waals surface area contributed by atoms with Crippen LogP contribution in [0.2, 0.25) is 0 Å². The number of hydrogen-bond acceptors (Lipinski definition) is 4. The number of halogens is 3. The van der Waals surface area contributed by atoms with Gasteiger partial charge in [-0.3, -0.25) is 14.5 Å². The van der Waals surface area contributed by atoms with E-state index in [1.165, 1.54) is 25.3 Å². The van der Waals surface area contributed by atoms with Crippen molar-refractivity contribution in [1.29, 1.82) is 0 Å². The van der Waals surface area contributed by atoms with E-state index in [0.29, 0.717) is 29.3 Å². The average molecular weight is 546 g/mol. The smallest absolute Gasteiger partial charge is 0.352 e. The lowest BCUT2D eigenvalue weighted by Gasteiger charge is -2.38. The van der Waals surface area contributed by atoms with Crippen LogP contribution in [-0.4, -0.2) is 78.5 Å². The molecule has 0 bridgehead atoms. The van der Waals surface area contributed by atoms with E-state index in [0.717, 1.165) is 57.7 Å². The minimum atomic E-state index is -4.45. The largest absolute Gasteiger partial charge is 0.416 e. The summed E-state index contributed by atoms with van der Waals surface area (Å²) in [5.74, 6) is 0.115. The van der Waals surface area contributed by atoms with Gasteiger partial charge in [-0.2, -0.15) is 13.2 Å². The number of carbonyl (C=O) groups is 2. The van der Waals surface area contributed by atoms with Crippen molar-refractivity contribution in [3.8, 4) is 11.1 Å². The maximum atomic E-state index is 13.4. The van der Waals surface area contributed by atoms with Gasteiger partial charge in [0.2, 0.25) is 5.91 Å². The molecule has 1 aromatic carbocycles. The quantitative estimate of drug-likeness (QED) is 0.548. The van der Waals surface area contributed by atoms with E-state index in [2.05, 4.69) is 27.5 Å². The number of benzene rings is 1. The molecule has 1 aliphatic carbocycles. The molecule has 3 aliphatic rings. The number of likely N-dealkylation sites (N-methyl/N-ethyl adjacent to an activating group) is 1. The van der Waals surface area contributed by atoms with Gasteiger partial charge in [0.15, 0.2) is 0 Å². The number of fused-ring (bicyclic) bond motifs is 1. The number of hydrogen-bond donors (Lipinski definition) is 2. The minimum Gasteiger partial charge on any atom is -0.352 e. The molecule has 1 saturated carbocycles. The third-order valence-electron chi connectivity index (χ3n) is 8.53. The number of aromatic nitrogens is 1. The summed E-state index contributed by atoms with van der Waals surface area (Å²) in [6.07, 6.45) is 3.32. The van der Waals surface area contributed by atoms with Gasteiger partial charge in [0, 0.05) is 63.5 Å². The molecule has 2 aromatic rings. The highest BCUT2D eigenvalue weighted by Gasteiger charge is 2.33. The SMILES string of the molecule is CN1CCN(C[C@@H](NC(=O)C[C@H]2CNC(=O)c3cc(-c4cccc(C(F)(F)F)c4)cn32)C2CCCCC2)CC1. The Morgan fingerprint density at radius 1 is 1.08 bits per heavy atom. The Balaban J connectivity index is 1.30. The number of piperazine rings is 1. The van der Waals surface area contributed by atoms with Gasteiger partial charge in [0.1, 0.15) is 5.69 Å². The summed E-state index contributed by atoms with van der Waals surface area (Å²) in [7, 11) is 2.13. The predicted molar refractivity (Wildman–Crippen MR) is 143 cm³/mol. The molecule has 2 aliphatic heterocycles. The van der Waals surface area contributed by atoms with Crippen LogP contribution in [0.1, 0.15) is 60.6 Å². The fourth-order valence-electron chi connectivity index (χ4n) is 6.20. The summed E-state index contributed by atoms with van der Waals surface area (Å²) in [6.45, 7) is 5.18. The molecule has 2 atom stereocenters. The normalized spacial score (nSPS) is 22.3. The molecule has 2 amide bonds. The van der Waals surface area contributed by atoms with Crippen LogP contribution in [0.3, 0.4) is 0 Å². The third-order valence-corrected chi connectivity index (χ3v) is 8.53. The van der Waals surface area contributed by atoms with Crippen LogP contribution in [0.4, 0.5) is 13.2 Å². The lowest BCUT2D eigenvalue weighted by atomic mass is 9.83. The number of amides is 2. The van der Waals surface area contributed by atoms with E-state index >= 15 is 0 Å². The van der Waals surface area contributed by atoms with E-state index < -0.39 is 11.7 Å². The Labute approximate surface area is 227 Å². The van der Waals surface area contributed by atoms with E-state index in [4.69, 9.17) is 0 Å². The monoisotopic (exact) mass is 545 g/mol. The van der Waals surface area contributed by atoms with E-state index in [9.17, 15) is 22.8 Å². The molecule has 1 aromatic heterocycles. The first-order valence-electron chi connectivity index (χ1n) is 14.1. The van der Waals surface area contributed by atoms with Gasteiger partial charge in [-0.15, -0.1) is 0 Å². The average Bonchev–Trinajstić information content (AvgIpc) is 3.38. The summed E-state index contributed by atoms with van der Waals surface area (Å²) in [4.78, 5) is 30.8. The molecule has 10 heteroatoms. The highest BCUT2D eigenvalue weighted by molar-refractivity contribution is 5.95. The first-order chi connectivity index (χ1) is 18.7. The molecule has 0 spiro atoms. The number of carbonyl (C=O) groups excluding carboxylic acids is 2. The van der Waals surface area contributed by atoms with Crippen LogP contribution >= 0.6 is 0 Å². The molecule has 7 nitrogen and oxygen atoms in total. The van der Waals surface area contributed by atoms with Crippen LogP contribution in [0.5, 0.6) is 0 Å². The molecule has 1 saturated heterocycles. The van der Waals surface area contributed by atoms with Gasteiger partial charge < -0.3 is 20.1 Å². The Morgan fingerprint density at radius 3 is 2.54 bits per heavy atom. The van der Waals surface area contributed by atoms with Crippen molar-refractivity contribution in [3.05, 3.63) is 47.8 Å². The van der Waals surface area contributed by atoms with Crippen molar-refractivity contribution < 1.29 is 22.8 Å². The molecule has 2 N–H and O–H groups in total. The number of nitrogens with one attached hydrogen (secondary N) is 2. The van der Waals surface area contributed by atoms with Crippen molar-refractivity contribution in [1.82, 2.24) is 25.0 Å². The molecule has 39 heavy (non-hydrogen) atoms. The summed E-state index contributed by atoms with van der Waals surface area (Å²) in [6, 6.07) is 6.47. The first-order valence-corrected chi connectivity index (χ1v) is 14.1. The Morgan fingerprint density at radius 2 is 1.82 bits per heavy atom. The molecule has 212 valence electrons. The van der Waals surface area contributed by atoms with Gasteiger partial charge in [-0.05, 0) is 49.6 Å². The standard InChI is InChI=1S/C29H38F3N5O2/c1-35-10-12-36(13-11-35)19-25(20-6-3-2-4-7-20)34-27(38)16-24-17-33-28(39)26-15-22(18-37(24)26)21-8-5-9-23(14-21)29(30,31)32/h5,8-9,14-15,18,20,24-25H,2-4,6-7,10-13,16-17,19H2,1H3,(H,33,39)(H,34,38)/t24-,25+/m0/s1. The van der Waals surface area contributed by atoms with E-state index in [-0.39, 0.29) is 30.3 Å². The van der Waals surface area contributed by atoms with Crippen molar-refractivity contribution in [2.75, 3.05) is 46.3 Å². The highest BCUT2D eigenvalue weighted by Crippen LogP contribution is 2.34. The van der Waals surface area contributed by atoms with Gasteiger partial charge >= 0.3 is 6.18 Å². The number of rotatable bonds is 7. The molecular weight excluding hydrogens is 507 g/mol. The number of nitrogens with zero attached hydrogens (tertiary/aromatic N) is 3. The second kappa shape index (κ2) is 11.7. The van der Waals surface area contributed by atoms with Crippen LogP contribution in [0.15, 0.2) is 36.5 Å². The lowest BCUT2D eigenvalue weighted by molar-refractivity contribution is -0.137. The molecule has 5 rings (SSSR count). The van der Waals surface area contributed by atoms with Crippen LogP contribution < -0.4 is 10.6 Å². The minimum absolute atomic E-state index is 0.0545. The fraction of sp³-hybridized carbons (Fsp3) is 0.586. The van der Waals surface area contributed by atoms with Crippen LogP contribution in [0.25, 0.3) is 11.1 Å². The zero-order valence-electron chi connectivity index (χ0n) is 22.5. The van der Waals surface area contributed by atoms with Gasteiger partial charge in [0.05, 0.1) is 11.6 Å². The van der Waals surface area contributed by atoms with Crippen molar-refractivity contribution in [2.24, 2.45) is 5.92 Å². The third kappa shape index (κ3) is 6.66. The summed E-state index contributed by atoms with van der Waals surface area (Å²) in [5, 5.41) is 6.20. The zero-order chi connectivity index (χ0) is 27.6. The molecule has 0 unspecified atom stereocenters. The summed E-state index contributed by atoms with van der Waals surface area (Å²) >= 11 is 0. The topological polar surface area (TPSA) is 69.6 Å². The Kier molecular flexibility index (Phi) is 8.32. The van der Waals surface area contributed by atoms with Crippen molar-refractivity contribution >= 4 is 11.8 Å². The fourth-order valence-corrected chi connectivity index (χ4v) is 6.20. The number of alkyl halides is 3. The maximum Gasteiger partial charge on any atom is 0.416 e. The maximum absolute atomic E-state index is 13.4. The zero-order valence-corrected chi connectivity index (χ0v) is 22.5. The van der Waals surface area contributed by atoms with Gasteiger partial charge in [0.25, 0.3) is 5.91 Å². The Bertz CT molecular complexity index is 1170. The second-order valence-electron chi connectivity index (χ2n) is 11.3. The van der Waals surface area contributed by atoms with E-state index in [1.807, 2.05) is 0 Å². The van der Waals surface area contributed by atoms with Gasteiger partial charge in [-0.25, -0.2) is 0 Å². The lowest BCUT2D eigenvalue weighted by Crippen LogP contribution is -2.53. The van der Waals surface area contributed by atoms with Crippen LogP contribution in [-0.2, 0) is 11.0 Å². The first kappa shape index (κ1) is 27.7.